The molecule has 0 atom stereocenters. The summed E-state index contributed by atoms with van der Waals surface area (Å²) in [5.74, 6) is 0. The fourth-order valence-corrected chi connectivity index (χ4v) is 9.09. The van der Waals surface area contributed by atoms with E-state index in [1.54, 1.807) is 0 Å². The molecule has 52 heavy (non-hydrogen) atoms. The maximum Gasteiger partial charge on any atom is 0.0739 e. The second kappa shape index (κ2) is 13.5. The first-order chi connectivity index (χ1) is 25.4. The lowest BCUT2D eigenvalue weighted by atomic mass is 9.87. The lowest BCUT2D eigenvalue weighted by molar-refractivity contribution is 0.754. The van der Waals surface area contributed by atoms with Crippen molar-refractivity contribution in [3.63, 3.8) is 0 Å². The third kappa shape index (κ3) is 5.96. The van der Waals surface area contributed by atoms with E-state index in [0.29, 0.717) is 0 Å². The van der Waals surface area contributed by atoms with Gasteiger partial charge in [-0.25, -0.2) is 0 Å². The second-order valence-electron chi connectivity index (χ2n) is 14.3. The molecule has 3 aromatic heterocycles. The summed E-state index contributed by atoms with van der Waals surface area (Å²) in [5.41, 5.74) is 19.3. The molecule has 0 spiro atoms. The van der Waals surface area contributed by atoms with Crippen molar-refractivity contribution < 1.29 is 0 Å². The lowest BCUT2D eigenvalue weighted by Crippen LogP contribution is -2.31. The zero-order valence-electron chi connectivity index (χ0n) is 29.1. The van der Waals surface area contributed by atoms with Gasteiger partial charge in [0.1, 0.15) is 0 Å². The molecule has 2 saturated heterocycles. The molecule has 0 radical (unpaired) electrons. The van der Waals surface area contributed by atoms with Crippen LogP contribution >= 0.6 is 23.2 Å². The van der Waals surface area contributed by atoms with Crippen molar-refractivity contribution in [2.75, 3.05) is 22.9 Å². The Hall–Kier alpha value is -4.97. The van der Waals surface area contributed by atoms with E-state index < -0.39 is 0 Å². The van der Waals surface area contributed by atoms with Gasteiger partial charge in [0, 0.05) is 70.9 Å². The Morgan fingerprint density at radius 1 is 0.538 bits per heavy atom. The molecular formula is C45H39Cl2N5. The number of pyridine rings is 3. The van der Waals surface area contributed by atoms with Crippen molar-refractivity contribution in [2.45, 2.75) is 51.4 Å². The molecule has 7 heteroatoms. The molecule has 2 fully saturated rings. The molecule has 0 saturated carbocycles. The number of benzene rings is 2. The van der Waals surface area contributed by atoms with E-state index in [-0.39, 0.29) is 0 Å². The van der Waals surface area contributed by atoms with Gasteiger partial charge in [0.25, 0.3) is 0 Å². The van der Waals surface area contributed by atoms with Gasteiger partial charge < -0.3 is 9.80 Å². The van der Waals surface area contributed by atoms with Crippen LogP contribution in [0.4, 0.5) is 11.4 Å². The molecule has 2 aliphatic carbocycles. The first-order valence-electron chi connectivity index (χ1n) is 18.2. The predicted octanol–water partition coefficient (Wildman–Crippen LogP) is 10.6. The number of aromatic nitrogens is 3. The van der Waals surface area contributed by atoms with Gasteiger partial charge in [-0.1, -0.05) is 71.8 Å². The van der Waals surface area contributed by atoms with E-state index in [9.17, 15) is 0 Å². The summed E-state index contributed by atoms with van der Waals surface area (Å²) in [4.78, 5) is 19.3. The predicted molar refractivity (Wildman–Crippen MR) is 214 cm³/mol. The summed E-state index contributed by atoms with van der Waals surface area (Å²) in [6.45, 7) is 10.9. The third-order valence-electron chi connectivity index (χ3n) is 11.2. The van der Waals surface area contributed by atoms with Crippen LogP contribution in [-0.2, 0) is 25.7 Å². The third-order valence-corrected chi connectivity index (χ3v) is 11.6. The van der Waals surface area contributed by atoms with Gasteiger partial charge in [0.05, 0.1) is 35.2 Å². The van der Waals surface area contributed by atoms with Gasteiger partial charge in [-0.05, 0) is 114 Å². The fraction of sp³-hybridized carbons (Fsp3) is 0.222. The van der Waals surface area contributed by atoms with Gasteiger partial charge in [-0.2, -0.15) is 0 Å². The van der Waals surface area contributed by atoms with Gasteiger partial charge in [-0.15, -0.1) is 0 Å². The number of anilines is 2. The Balaban J connectivity index is 0.995. The number of rotatable bonds is 2. The number of fused-ring (bicyclic) bond motifs is 4. The van der Waals surface area contributed by atoms with Crippen LogP contribution < -0.4 is 9.80 Å². The number of halogens is 2. The standard InChI is InChI=1S/C45H39Cl2N5/c1-28-21-34(42-40-13-11-36(46)23-32(40)9-7-30-5-3-17-49-44(30)42)15-19-51(28)38-25-39(27-48-26-38)52-20-16-35(22-29(52)2)43-41-14-12-37(47)24-33(41)10-8-31-6-4-18-50-45(31)43/h3-6,11-14,17-18,23-27H,1-2,7-10,15-16,19-22H2/b42-34-,43-35+. The van der Waals surface area contributed by atoms with Crippen LogP contribution in [-0.4, -0.2) is 28.0 Å². The molecule has 2 aromatic carbocycles. The molecule has 5 heterocycles. The van der Waals surface area contributed by atoms with Gasteiger partial charge >= 0.3 is 0 Å². The van der Waals surface area contributed by atoms with Gasteiger partial charge in [-0.3, -0.25) is 15.0 Å². The van der Waals surface area contributed by atoms with Crippen molar-refractivity contribution in [3.8, 4) is 0 Å². The average molecular weight is 721 g/mol. The monoisotopic (exact) mass is 719 g/mol. The van der Waals surface area contributed by atoms with Crippen molar-refractivity contribution in [1.29, 1.82) is 0 Å². The number of hydrogen-bond donors (Lipinski definition) is 0. The lowest BCUT2D eigenvalue weighted by Gasteiger charge is -2.36. The maximum absolute atomic E-state index is 6.48. The summed E-state index contributed by atoms with van der Waals surface area (Å²) >= 11 is 13.0. The normalized spacial score (nSPS) is 20.0. The highest BCUT2D eigenvalue weighted by Gasteiger charge is 2.29. The molecule has 4 aliphatic rings. The Morgan fingerprint density at radius 2 is 1.00 bits per heavy atom. The molecule has 9 rings (SSSR count). The van der Waals surface area contributed by atoms with Crippen molar-refractivity contribution in [1.82, 2.24) is 15.0 Å². The molecular weight excluding hydrogens is 681 g/mol. The molecule has 0 N–H and O–H groups in total. The first kappa shape index (κ1) is 32.9. The Bertz CT molecular complexity index is 2190. The fourth-order valence-electron chi connectivity index (χ4n) is 8.70. The van der Waals surface area contributed by atoms with Gasteiger partial charge in [0.2, 0.25) is 0 Å². The molecule has 5 aromatic rings. The number of aryl methyl sites for hydroxylation is 4. The highest BCUT2D eigenvalue weighted by atomic mass is 35.5. The minimum Gasteiger partial charge on any atom is -0.344 e. The summed E-state index contributed by atoms with van der Waals surface area (Å²) in [5, 5.41) is 1.56. The molecule has 5 nitrogen and oxygen atoms in total. The Labute approximate surface area is 315 Å². The summed E-state index contributed by atoms with van der Waals surface area (Å²) < 4.78 is 0. The van der Waals surface area contributed by atoms with Crippen molar-refractivity contribution >= 4 is 45.7 Å². The van der Waals surface area contributed by atoms with Crippen LogP contribution in [0.25, 0.3) is 11.1 Å². The van der Waals surface area contributed by atoms with E-state index in [1.165, 1.54) is 55.7 Å². The Kier molecular flexibility index (Phi) is 8.57. The van der Waals surface area contributed by atoms with E-state index in [4.69, 9.17) is 38.2 Å². The number of piperidine rings is 2. The minimum atomic E-state index is 0.771. The van der Waals surface area contributed by atoms with E-state index in [2.05, 4.69) is 65.4 Å². The number of hydrogen-bond acceptors (Lipinski definition) is 5. The molecule has 0 bridgehead atoms. The first-order valence-corrected chi connectivity index (χ1v) is 18.9. The van der Waals surface area contributed by atoms with E-state index in [0.717, 1.165) is 109 Å². The van der Waals surface area contributed by atoms with E-state index in [1.807, 2.05) is 49.1 Å². The van der Waals surface area contributed by atoms with Gasteiger partial charge in [0.15, 0.2) is 0 Å². The van der Waals surface area contributed by atoms with Crippen molar-refractivity contribution in [2.24, 2.45) is 0 Å². The molecule has 258 valence electrons. The topological polar surface area (TPSA) is 45.2 Å². The van der Waals surface area contributed by atoms with Crippen LogP contribution in [0, 0.1) is 0 Å². The average Bonchev–Trinajstić information content (AvgIpc) is 3.42. The van der Waals surface area contributed by atoms with Crippen LogP contribution in [0.5, 0.6) is 0 Å². The number of allylic oxidation sites excluding steroid dienone is 2. The minimum absolute atomic E-state index is 0.771. The summed E-state index contributed by atoms with van der Waals surface area (Å²) in [6.07, 6.45) is 14.9. The van der Waals surface area contributed by atoms with Crippen LogP contribution in [0.15, 0.2) is 127 Å². The SMILES string of the molecule is C=C1C/C(=C2/c3ccc(Cl)cc3CCc3cccnc32)CCN1c1cncc(N2CC/C(=C3/c4ccc(Cl)cc4CCc4cccnc43)CC2=C)c1. The largest absolute Gasteiger partial charge is 0.344 e. The van der Waals surface area contributed by atoms with Crippen LogP contribution in [0.3, 0.4) is 0 Å². The van der Waals surface area contributed by atoms with Crippen molar-refractivity contribution in [3.05, 3.63) is 182 Å². The maximum atomic E-state index is 6.48. The summed E-state index contributed by atoms with van der Waals surface area (Å²) in [6, 6.07) is 23.4. The molecule has 0 unspecified atom stereocenters. The van der Waals surface area contributed by atoms with Crippen LogP contribution in [0.2, 0.25) is 10.0 Å². The Morgan fingerprint density at radius 3 is 1.46 bits per heavy atom. The van der Waals surface area contributed by atoms with E-state index >= 15 is 0 Å². The quantitative estimate of drug-likeness (QED) is 0.182. The molecule has 0 amide bonds. The summed E-state index contributed by atoms with van der Waals surface area (Å²) in [7, 11) is 0. The number of nitrogens with zero attached hydrogens (tertiary/aromatic N) is 5. The highest BCUT2D eigenvalue weighted by molar-refractivity contribution is 6.31. The zero-order chi connectivity index (χ0) is 35.3. The zero-order valence-corrected chi connectivity index (χ0v) is 30.6. The van der Waals surface area contributed by atoms with Crippen LogP contribution in [0.1, 0.15) is 70.5 Å². The molecule has 2 aliphatic heterocycles. The smallest absolute Gasteiger partial charge is 0.0739 e. The second-order valence-corrected chi connectivity index (χ2v) is 15.1. The highest BCUT2D eigenvalue weighted by Crippen LogP contribution is 2.43.